The van der Waals surface area contributed by atoms with Gasteiger partial charge in [0.25, 0.3) is 0 Å². The minimum absolute atomic E-state index is 0.254. The smallest absolute Gasteiger partial charge is 0.223 e. The van der Waals surface area contributed by atoms with Crippen LogP contribution in [-0.4, -0.2) is 28.9 Å². The van der Waals surface area contributed by atoms with Crippen LogP contribution in [0.1, 0.15) is 12.0 Å². The number of fused-ring (bicyclic) bond motifs is 1. The number of benzene rings is 1. The summed E-state index contributed by atoms with van der Waals surface area (Å²) in [5.74, 6) is 0.584. The number of hydrogen-bond donors (Lipinski definition) is 1. The van der Waals surface area contributed by atoms with Crippen LogP contribution in [-0.2, 0) is 11.2 Å². The maximum atomic E-state index is 11.8. The Bertz CT molecular complexity index is 614. The van der Waals surface area contributed by atoms with E-state index < -0.39 is 0 Å². The molecule has 0 saturated carbocycles. The minimum Gasteiger partial charge on any atom is -0.361 e. The molecule has 1 aliphatic rings. The van der Waals surface area contributed by atoms with Gasteiger partial charge >= 0.3 is 0 Å². The second-order valence-corrected chi connectivity index (χ2v) is 5.15. The Morgan fingerprint density at radius 2 is 2.26 bits per heavy atom. The lowest BCUT2D eigenvalue weighted by molar-refractivity contribution is -0.127. The van der Waals surface area contributed by atoms with Crippen LogP contribution in [0.3, 0.4) is 0 Å². The fourth-order valence-electron chi connectivity index (χ4n) is 2.77. The van der Waals surface area contributed by atoms with Crippen molar-refractivity contribution in [3.8, 4) is 0 Å². The van der Waals surface area contributed by atoms with Gasteiger partial charge in [0.05, 0.1) is 0 Å². The maximum absolute atomic E-state index is 11.8. The molecule has 1 unspecified atom stereocenters. The third-order valence-electron chi connectivity index (χ3n) is 3.90. The molecule has 3 rings (SSSR count). The van der Waals surface area contributed by atoms with Crippen LogP contribution in [0.15, 0.2) is 43.1 Å². The molecular weight excluding hydrogens is 236 g/mol. The third-order valence-corrected chi connectivity index (χ3v) is 3.90. The Kier molecular flexibility index (Phi) is 3.11. The van der Waals surface area contributed by atoms with E-state index >= 15 is 0 Å². The fourth-order valence-corrected chi connectivity index (χ4v) is 2.77. The number of carbonyl (C=O) groups is 1. The molecular formula is C16H18N2O. The Morgan fingerprint density at radius 1 is 1.42 bits per heavy atom. The van der Waals surface area contributed by atoms with Gasteiger partial charge in [0.15, 0.2) is 0 Å². The van der Waals surface area contributed by atoms with E-state index in [4.69, 9.17) is 0 Å². The zero-order chi connectivity index (χ0) is 13.2. The van der Waals surface area contributed by atoms with Gasteiger partial charge in [0, 0.05) is 42.5 Å². The van der Waals surface area contributed by atoms with E-state index in [-0.39, 0.29) is 5.91 Å². The number of hydrogen-bond acceptors (Lipinski definition) is 1. The zero-order valence-electron chi connectivity index (χ0n) is 10.9. The number of aromatic amines is 1. The standard InChI is InChI=1S/C16H18N2O/c1-2-12-9-16(19)18(11-12)8-7-13-10-17-15-6-4-3-5-14(13)15/h2-6,10,12,17H,1,7-9,11H2. The van der Waals surface area contributed by atoms with Gasteiger partial charge in [0.1, 0.15) is 0 Å². The van der Waals surface area contributed by atoms with Crippen molar-refractivity contribution in [3.63, 3.8) is 0 Å². The average molecular weight is 254 g/mol. The number of aromatic nitrogens is 1. The van der Waals surface area contributed by atoms with E-state index in [1.807, 2.05) is 17.0 Å². The van der Waals surface area contributed by atoms with Gasteiger partial charge in [-0.1, -0.05) is 24.3 Å². The van der Waals surface area contributed by atoms with Gasteiger partial charge in [-0.25, -0.2) is 0 Å². The molecule has 0 bridgehead atoms. The number of H-pyrrole nitrogens is 1. The minimum atomic E-state index is 0.254. The number of nitrogens with zero attached hydrogens (tertiary/aromatic N) is 1. The molecule has 0 aliphatic carbocycles. The van der Waals surface area contributed by atoms with Gasteiger partial charge in [-0.3, -0.25) is 4.79 Å². The van der Waals surface area contributed by atoms with Crippen LogP contribution in [0.5, 0.6) is 0 Å². The summed E-state index contributed by atoms with van der Waals surface area (Å²) in [6.07, 6.45) is 5.47. The highest BCUT2D eigenvalue weighted by molar-refractivity contribution is 5.83. The summed E-state index contributed by atoms with van der Waals surface area (Å²) in [5.41, 5.74) is 2.44. The Hall–Kier alpha value is -2.03. The van der Waals surface area contributed by atoms with E-state index in [1.54, 1.807) is 0 Å². The van der Waals surface area contributed by atoms with Crippen molar-refractivity contribution in [2.24, 2.45) is 5.92 Å². The highest BCUT2D eigenvalue weighted by Gasteiger charge is 2.27. The van der Waals surface area contributed by atoms with Crippen LogP contribution in [0.4, 0.5) is 0 Å². The molecule has 1 atom stereocenters. The molecule has 1 saturated heterocycles. The summed E-state index contributed by atoms with van der Waals surface area (Å²) >= 11 is 0. The fraction of sp³-hybridized carbons (Fsp3) is 0.312. The van der Waals surface area contributed by atoms with E-state index in [9.17, 15) is 4.79 Å². The van der Waals surface area contributed by atoms with Gasteiger partial charge < -0.3 is 9.88 Å². The lowest BCUT2D eigenvalue weighted by Crippen LogP contribution is -2.27. The molecule has 1 N–H and O–H groups in total. The largest absolute Gasteiger partial charge is 0.361 e. The van der Waals surface area contributed by atoms with E-state index in [0.29, 0.717) is 12.3 Å². The number of para-hydroxylation sites is 1. The van der Waals surface area contributed by atoms with E-state index in [0.717, 1.165) is 25.0 Å². The molecule has 1 aliphatic heterocycles. The first kappa shape index (κ1) is 12.0. The topological polar surface area (TPSA) is 36.1 Å². The van der Waals surface area contributed by atoms with E-state index in [1.165, 1.54) is 10.9 Å². The lowest BCUT2D eigenvalue weighted by Gasteiger charge is -2.15. The molecule has 98 valence electrons. The number of nitrogens with one attached hydrogen (secondary N) is 1. The summed E-state index contributed by atoms with van der Waals surface area (Å²) in [6, 6.07) is 8.28. The molecule has 2 heterocycles. The van der Waals surface area contributed by atoms with Gasteiger partial charge in [-0.05, 0) is 18.1 Å². The molecule has 3 heteroatoms. The normalized spacial score (nSPS) is 19.3. The first-order valence-electron chi connectivity index (χ1n) is 6.73. The van der Waals surface area contributed by atoms with Crippen LogP contribution >= 0.6 is 0 Å². The first-order chi connectivity index (χ1) is 9.28. The molecule has 0 spiro atoms. The summed E-state index contributed by atoms with van der Waals surface area (Å²) in [4.78, 5) is 17.1. The quantitative estimate of drug-likeness (QED) is 0.837. The molecule has 1 aromatic heterocycles. The highest BCUT2D eigenvalue weighted by atomic mass is 16.2. The molecule has 2 aromatic rings. The summed E-state index contributed by atoms with van der Waals surface area (Å²) in [5, 5.41) is 1.26. The van der Waals surface area contributed by atoms with Crippen molar-refractivity contribution < 1.29 is 4.79 Å². The van der Waals surface area contributed by atoms with Crippen LogP contribution in [0.25, 0.3) is 10.9 Å². The number of carbonyl (C=O) groups excluding carboxylic acids is 1. The maximum Gasteiger partial charge on any atom is 0.223 e. The molecule has 3 nitrogen and oxygen atoms in total. The Labute approximate surface area is 112 Å². The molecule has 1 aromatic carbocycles. The van der Waals surface area contributed by atoms with Crippen LogP contribution in [0, 0.1) is 5.92 Å². The predicted molar refractivity (Wildman–Crippen MR) is 76.9 cm³/mol. The van der Waals surface area contributed by atoms with Crippen molar-refractivity contribution in [2.75, 3.05) is 13.1 Å². The SMILES string of the molecule is C=CC1CC(=O)N(CCc2c[nH]c3ccccc23)C1. The van der Waals surface area contributed by atoms with Crippen molar-refractivity contribution in [3.05, 3.63) is 48.7 Å². The van der Waals surface area contributed by atoms with Crippen molar-refractivity contribution in [1.29, 1.82) is 0 Å². The molecule has 1 amide bonds. The molecule has 1 fully saturated rings. The van der Waals surface area contributed by atoms with Gasteiger partial charge in [-0.2, -0.15) is 0 Å². The number of amides is 1. The second-order valence-electron chi connectivity index (χ2n) is 5.15. The van der Waals surface area contributed by atoms with E-state index in [2.05, 4.69) is 36.0 Å². The second kappa shape index (κ2) is 4.92. The van der Waals surface area contributed by atoms with Crippen molar-refractivity contribution >= 4 is 16.8 Å². The summed E-state index contributed by atoms with van der Waals surface area (Å²) < 4.78 is 0. The Morgan fingerprint density at radius 3 is 3.05 bits per heavy atom. The monoisotopic (exact) mass is 254 g/mol. The van der Waals surface area contributed by atoms with Crippen LogP contribution < -0.4 is 0 Å². The average Bonchev–Trinajstić information content (AvgIpc) is 3.00. The lowest BCUT2D eigenvalue weighted by atomic mass is 10.1. The summed E-state index contributed by atoms with van der Waals surface area (Å²) in [6.45, 7) is 5.40. The molecule has 0 radical (unpaired) electrons. The third kappa shape index (κ3) is 2.28. The predicted octanol–water partition coefficient (Wildman–Crippen LogP) is 2.74. The van der Waals surface area contributed by atoms with Crippen molar-refractivity contribution in [1.82, 2.24) is 9.88 Å². The van der Waals surface area contributed by atoms with Crippen molar-refractivity contribution in [2.45, 2.75) is 12.8 Å². The first-order valence-corrected chi connectivity index (χ1v) is 6.73. The number of likely N-dealkylation sites (tertiary alicyclic amines) is 1. The van der Waals surface area contributed by atoms with Gasteiger partial charge in [0.2, 0.25) is 5.91 Å². The molecule has 19 heavy (non-hydrogen) atoms. The highest BCUT2D eigenvalue weighted by Crippen LogP contribution is 2.21. The zero-order valence-corrected chi connectivity index (χ0v) is 10.9. The van der Waals surface area contributed by atoms with Crippen LogP contribution in [0.2, 0.25) is 0 Å². The van der Waals surface area contributed by atoms with Gasteiger partial charge in [-0.15, -0.1) is 6.58 Å². The Balaban J connectivity index is 1.69. The summed E-state index contributed by atoms with van der Waals surface area (Å²) in [7, 11) is 0. The number of rotatable bonds is 4.